The molecule has 2 aromatic carbocycles. The first-order chi connectivity index (χ1) is 12.8. The fourth-order valence-electron chi connectivity index (χ4n) is 3.09. The van der Waals surface area contributed by atoms with E-state index in [2.05, 4.69) is 10.5 Å². The highest BCUT2D eigenvalue weighted by molar-refractivity contribution is 7.89. The summed E-state index contributed by atoms with van der Waals surface area (Å²) in [4.78, 5) is 12.6. The van der Waals surface area contributed by atoms with E-state index in [1.165, 1.54) is 19.2 Å². The zero-order valence-corrected chi connectivity index (χ0v) is 15.2. The Morgan fingerprint density at radius 2 is 1.96 bits per heavy atom. The Balaban J connectivity index is 1.91. The quantitative estimate of drug-likeness (QED) is 0.701. The number of nitrogens with zero attached hydrogens (tertiary/aromatic N) is 2. The fraction of sp³-hybridized carbons (Fsp3) is 0.111. The van der Waals surface area contributed by atoms with Gasteiger partial charge in [0.05, 0.1) is 0 Å². The van der Waals surface area contributed by atoms with Crippen molar-refractivity contribution in [1.82, 2.24) is 9.46 Å². The van der Waals surface area contributed by atoms with E-state index in [1.807, 2.05) is 0 Å². The van der Waals surface area contributed by atoms with Gasteiger partial charge in [0.25, 0.3) is 15.9 Å². The van der Waals surface area contributed by atoms with Gasteiger partial charge in [-0.05, 0) is 18.4 Å². The molecule has 0 aliphatic carbocycles. The first-order valence-electron chi connectivity index (χ1n) is 7.99. The lowest BCUT2D eigenvalue weighted by atomic mass is 10.0. The Labute approximate surface area is 154 Å². The number of sulfonamides is 1. The summed E-state index contributed by atoms with van der Waals surface area (Å²) in [7, 11) is -2.83. The largest absolute Gasteiger partial charge is 0.505 e. The van der Waals surface area contributed by atoms with Crippen molar-refractivity contribution in [3.8, 4) is 0 Å². The van der Waals surface area contributed by atoms with E-state index in [-0.39, 0.29) is 16.3 Å². The first kappa shape index (κ1) is 17.1. The molecule has 2 heterocycles. The number of aliphatic hydroxyl groups is 1. The third kappa shape index (κ3) is 2.55. The maximum Gasteiger partial charge on any atom is 0.278 e. The van der Waals surface area contributed by atoms with Gasteiger partial charge in [-0.1, -0.05) is 35.5 Å². The Kier molecular flexibility index (Phi) is 3.70. The molecule has 0 fully saturated rings. The summed E-state index contributed by atoms with van der Waals surface area (Å²) in [6.07, 6.45) is 0. The van der Waals surface area contributed by atoms with Crippen LogP contribution in [0.2, 0.25) is 0 Å². The van der Waals surface area contributed by atoms with E-state index < -0.39 is 27.4 Å². The maximum atomic E-state index is 13.1. The molecule has 0 bridgehead atoms. The number of anilines is 1. The lowest BCUT2D eigenvalue weighted by Crippen LogP contribution is -2.37. The van der Waals surface area contributed by atoms with E-state index in [4.69, 9.17) is 4.52 Å². The van der Waals surface area contributed by atoms with Crippen LogP contribution in [0.3, 0.4) is 0 Å². The van der Waals surface area contributed by atoms with Crippen molar-refractivity contribution >= 4 is 38.3 Å². The number of nitrogens with one attached hydrogen (secondary N) is 1. The number of hydrogen-bond acceptors (Lipinski definition) is 6. The third-order valence-electron chi connectivity index (χ3n) is 4.38. The first-order valence-corrected chi connectivity index (χ1v) is 9.43. The maximum absolute atomic E-state index is 13.1. The van der Waals surface area contributed by atoms with Crippen LogP contribution >= 0.6 is 0 Å². The molecule has 0 unspecified atom stereocenters. The van der Waals surface area contributed by atoms with Crippen LogP contribution in [0, 0.1) is 6.92 Å². The summed E-state index contributed by atoms with van der Waals surface area (Å²) < 4.78 is 31.9. The van der Waals surface area contributed by atoms with Gasteiger partial charge in [-0.3, -0.25) is 9.10 Å². The van der Waals surface area contributed by atoms with E-state index in [1.54, 1.807) is 37.3 Å². The minimum absolute atomic E-state index is 0.0329. The molecule has 1 aliphatic rings. The van der Waals surface area contributed by atoms with Gasteiger partial charge in [0, 0.05) is 24.1 Å². The number of likely N-dealkylation sites (N-methyl/N-ethyl adjacent to an activating group) is 1. The number of carbonyl (C=O) groups excluding carboxylic acids is 1. The molecule has 0 atom stereocenters. The molecule has 1 aliphatic heterocycles. The number of amides is 1. The summed E-state index contributed by atoms with van der Waals surface area (Å²) >= 11 is 0. The third-order valence-corrected chi connectivity index (χ3v) is 6.24. The van der Waals surface area contributed by atoms with Crippen LogP contribution in [0.25, 0.3) is 16.5 Å². The van der Waals surface area contributed by atoms with Crippen molar-refractivity contribution < 1.29 is 22.8 Å². The fourth-order valence-corrected chi connectivity index (χ4v) is 4.68. The van der Waals surface area contributed by atoms with Gasteiger partial charge in [-0.15, -0.1) is 0 Å². The van der Waals surface area contributed by atoms with Gasteiger partial charge < -0.3 is 14.9 Å². The number of rotatable bonds is 2. The van der Waals surface area contributed by atoms with E-state index >= 15 is 0 Å². The van der Waals surface area contributed by atoms with Crippen molar-refractivity contribution in [2.45, 2.75) is 11.8 Å². The Bertz CT molecular complexity index is 1230. The standard InChI is InChI=1S/C18H15N3O5S/c1-10-9-14(20-26-10)19-18(23)15-16(22)13-8-7-11-5-3-4-6-12(11)17(13)27(24,25)21(15)2/h3-9,22H,1-2H3,(H,19,20,23). The Morgan fingerprint density at radius 3 is 2.67 bits per heavy atom. The second kappa shape index (κ2) is 5.85. The van der Waals surface area contributed by atoms with Crippen molar-refractivity contribution in [2.24, 2.45) is 0 Å². The predicted molar refractivity (Wildman–Crippen MR) is 98.3 cm³/mol. The lowest BCUT2D eigenvalue weighted by Gasteiger charge is -2.29. The average molecular weight is 385 g/mol. The van der Waals surface area contributed by atoms with Crippen molar-refractivity contribution in [2.75, 3.05) is 12.4 Å². The molecule has 0 radical (unpaired) electrons. The summed E-state index contributed by atoms with van der Waals surface area (Å²) in [6, 6.07) is 11.6. The van der Waals surface area contributed by atoms with Crippen LogP contribution in [0.5, 0.6) is 0 Å². The zero-order valence-electron chi connectivity index (χ0n) is 14.4. The molecule has 3 aromatic rings. The molecule has 1 amide bonds. The molecule has 8 nitrogen and oxygen atoms in total. The highest BCUT2D eigenvalue weighted by Gasteiger charge is 2.39. The topological polar surface area (TPSA) is 113 Å². The van der Waals surface area contributed by atoms with Crippen LogP contribution in [-0.2, 0) is 14.8 Å². The minimum atomic E-state index is -4.05. The van der Waals surface area contributed by atoms with Crippen LogP contribution in [0.4, 0.5) is 5.82 Å². The molecule has 1 aromatic heterocycles. The van der Waals surface area contributed by atoms with Gasteiger partial charge in [-0.2, -0.15) is 0 Å². The van der Waals surface area contributed by atoms with Crippen LogP contribution < -0.4 is 5.32 Å². The van der Waals surface area contributed by atoms with E-state index in [9.17, 15) is 18.3 Å². The number of aliphatic hydroxyl groups excluding tert-OH is 1. The Hall–Kier alpha value is -3.33. The molecule has 0 saturated heterocycles. The average Bonchev–Trinajstić information content (AvgIpc) is 3.04. The molecule has 0 saturated carbocycles. The highest BCUT2D eigenvalue weighted by atomic mass is 32.2. The van der Waals surface area contributed by atoms with E-state index in [0.29, 0.717) is 16.5 Å². The number of benzene rings is 2. The minimum Gasteiger partial charge on any atom is -0.505 e. The van der Waals surface area contributed by atoms with Crippen LogP contribution in [0.15, 0.2) is 57.6 Å². The van der Waals surface area contributed by atoms with Crippen LogP contribution in [0.1, 0.15) is 11.3 Å². The number of aromatic nitrogens is 1. The van der Waals surface area contributed by atoms with Crippen molar-refractivity contribution in [3.63, 3.8) is 0 Å². The second-order valence-corrected chi connectivity index (χ2v) is 8.02. The van der Waals surface area contributed by atoms with Gasteiger partial charge in [0.2, 0.25) is 0 Å². The van der Waals surface area contributed by atoms with Crippen molar-refractivity contribution in [3.05, 3.63) is 59.5 Å². The number of fused-ring (bicyclic) bond motifs is 3. The molecule has 4 rings (SSSR count). The normalized spacial score (nSPS) is 15.7. The molecule has 27 heavy (non-hydrogen) atoms. The highest BCUT2D eigenvalue weighted by Crippen LogP contribution is 2.39. The molecule has 9 heteroatoms. The van der Waals surface area contributed by atoms with E-state index in [0.717, 1.165) is 4.31 Å². The smallest absolute Gasteiger partial charge is 0.278 e. The van der Waals surface area contributed by atoms with Crippen LogP contribution in [-0.4, -0.2) is 35.9 Å². The van der Waals surface area contributed by atoms with Crippen molar-refractivity contribution in [1.29, 1.82) is 0 Å². The number of carbonyl (C=O) groups is 1. The number of aryl methyl sites for hydroxylation is 1. The molecular formula is C18H15N3O5S. The molecule has 138 valence electrons. The lowest BCUT2D eigenvalue weighted by molar-refractivity contribution is -0.113. The number of hydrogen-bond donors (Lipinski definition) is 2. The summed E-state index contributed by atoms with van der Waals surface area (Å²) in [5, 5.41) is 18.0. The second-order valence-electron chi connectivity index (χ2n) is 6.11. The summed E-state index contributed by atoms with van der Waals surface area (Å²) in [6.45, 7) is 1.65. The van der Waals surface area contributed by atoms with Gasteiger partial charge in [0.1, 0.15) is 10.7 Å². The molecular weight excluding hydrogens is 370 g/mol. The summed E-state index contributed by atoms with van der Waals surface area (Å²) in [5.74, 6) is -0.644. The van der Waals surface area contributed by atoms with Gasteiger partial charge >= 0.3 is 0 Å². The van der Waals surface area contributed by atoms with Gasteiger partial charge in [0.15, 0.2) is 17.3 Å². The zero-order chi connectivity index (χ0) is 19.3. The predicted octanol–water partition coefficient (Wildman–Crippen LogP) is 2.64. The molecule has 0 spiro atoms. The SMILES string of the molecule is Cc1cc(NC(=O)C2=C(O)c3ccc4ccccc4c3S(=O)(=O)N2C)no1. The molecule has 2 N–H and O–H groups in total. The Morgan fingerprint density at radius 1 is 1.22 bits per heavy atom. The van der Waals surface area contributed by atoms with Gasteiger partial charge in [-0.25, -0.2) is 8.42 Å². The summed E-state index contributed by atoms with van der Waals surface area (Å²) in [5.41, 5.74) is -0.313. The monoisotopic (exact) mass is 385 g/mol.